The number of unbranched alkanes of at least 4 members (excludes halogenated alkanes) is 6. The van der Waals surface area contributed by atoms with Crippen LogP contribution in [0, 0.1) is 46.3 Å². The Balaban J connectivity index is 1.26. The predicted octanol–water partition coefficient (Wildman–Crippen LogP) is 11.2. The number of fused-ring (bicyclic) bond motifs is 5. The lowest BCUT2D eigenvalue weighted by atomic mass is 9.47. The minimum Gasteiger partial charge on any atom is -0.462 e. The SMILES string of the molecule is C=CCCCCCCCCC(=O)O[C@H]1CC[C@@]2(C)C(=CC[C@H]3[C@@H]4CC[C@H]([C@H](C)CCCC(C)C)[C@@]4(C)CC[C@@H]32)C1. The molecule has 4 rings (SSSR count). The zero-order valence-electron chi connectivity index (χ0n) is 27.2. The molecule has 4 aliphatic rings. The van der Waals surface area contributed by atoms with E-state index in [-0.39, 0.29) is 12.1 Å². The van der Waals surface area contributed by atoms with Crippen molar-refractivity contribution in [2.45, 2.75) is 163 Å². The second-order valence-corrected chi connectivity index (χ2v) is 15.6. The van der Waals surface area contributed by atoms with Gasteiger partial charge in [0.2, 0.25) is 0 Å². The minimum atomic E-state index is 0.0440. The summed E-state index contributed by atoms with van der Waals surface area (Å²) in [6.45, 7) is 16.4. The third-order valence-corrected chi connectivity index (χ3v) is 12.6. The van der Waals surface area contributed by atoms with E-state index in [0.29, 0.717) is 17.3 Å². The van der Waals surface area contributed by atoms with E-state index in [1.165, 1.54) is 83.5 Å². The van der Waals surface area contributed by atoms with E-state index < -0.39 is 0 Å². The van der Waals surface area contributed by atoms with Crippen molar-refractivity contribution in [1.82, 2.24) is 0 Å². The highest BCUT2D eigenvalue weighted by molar-refractivity contribution is 5.69. The van der Waals surface area contributed by atoms with E-state index in [4.69, 9.17) is 4.74 Å². The van der Waals surface area contributed by atoms with Gasteiger partial charge < -0.3 is 4.74 Å². The van der Waals surface area contributed by atoms with Crippen molar-refractivity contribution in [3.8, 4) is 0 Å². The zero-order chi connectivity index (χ0) is 28.8. The van der Waals surface area contributed by atoms with E-state index in [9.17, 15) is 4.79 Å². The van der Waals surface area contributed by atoms with E-state index in [1.54, 1.807) is 5.57 Å². The fraction of sp³-hybridized carbons (Fsp3) is 0.868. The summed E-state index contributed by atoms with van der Waals surface area (Å²) in [6.07, 6.45) is 28.2. The molecule has 2 nitrogen and oxygen atoms in total. The van der Waals surface area contributed by atoms with Gasteiger partial charge in [0.15, 0.2) is 0 Å². The Morgan fingerprint density at radius 1 is 0.950 bits per heavy atom. The molecule has 0 spiro atoms. The second-order valence-electron chi connectivity index (χ2n) is 15.6. The molecule has 0 saturated heterocycles. The quantitative estimate of drug-likeness (QED) is 0.115. The molecule has 0 amide bonds. The summed E-state index contributed by atoms with van der Waals surface area (Å²) in [4.78, 5) is 12.6. The molecule has 4 aliphatic carbocycles. The van der Waals surface area contributed by atoms with Gasteiger partial charge in [0, 0.05) is 12.8 Å². The van der Waals surface area contributed by atoms with Gasteiger partial charge in [-0.1, -0.05) is 97.3 Å². The first-order valence-corrected chi connectivity index (χ1v) is 17.7. The molecule has 0 unspecified atom stereocenters. The molecule has 2 heteroatoms. The van der Waals surface area contributed by atoms with Crippen LogP contribution >= 0.6 is 0 Å². The first-order valence-electron chi connectivity index (χ1n) is 17.7. The molecule has 0 aliphatic heterocycles. The molecule has 40 heavy (non-hydrogen) atoms. The summed E-state index contributed by atoms with van der Waals surface area (Å²) in [5, 5.41) is 0. The van der Waals surface area contributed by atoms with Crippen LogP contribution in [0.15, 0.2) is 24.3 Å². The number of carbonyl (C=O) groups excluding carboxylic acids is 1. The number of hydrogen-bond donors (Lipinski definition) is 0. The van der Waals surface area contributed by atoms with Gasteiger partial charge in [0.25, 0.3) is 0 Å². The Morgan fingerprint density at radius 2 is 1.70 bits per heavy atom. The lowest BCUT2D eigenvalue weighted by Gasteiger charge is -2.58. The molecule has 0 aromatic carbocycles. The third-order valence-electron chi connectivity index (χ3n) is 12.6. The van der Waals surface area contributed by atoms with Gasteiger partial charge in [0.05, 0.1) is 0 Å². The molecular formula is C38H64O2. The molecule has 228 valence electrons. The number of hydrogen-bond acceptors (Lipinski definition) is 2. The Bertz CT molecular complexity index is 856. The summed E-state index contributed by atoms with van der Waals surface area (Å²) in [6, 6.07) is 0. The molecule has 0 radical (unpaired) electrons. The molecule has 8 atom stereocenters. The van der Waals surface area contributed by atoms with E-state index in [0.717, 1.165) is 67.6 Å². The van der Waals surface area contributed by atoms with Gasteiger partial charge in [-0.2, -0.15) is 0 Å². The molecule has 0 aromatic heterocycles. The van der Waals surface area contributed by atoms with Crippen LogP contribution in [0.1, 0.15) is 157 Å². The maximum Gasteiger partial charge on any atom is 0.306 e. The molecular weight excluding hydrogens is 488 g/mol. The molecule has 0 heterocycles. The maximum absolute atomic E-state index is 12.6. The topological polar surface area (TPSA) is 26.3 Å². The summed E-state index contributed by atoms with van der Waals surface area (Å²) >= 11 is 0. The van der Waals surface area contributed by atoms with Crippen molar-refractivity contribution in [1.29, 1.82) is 0 Å². The van der Waals surface area contributed by atoms with Crippen molar-refractivity contribution in [3.05, 3.63) is 24.3 Å². The van der Waals surface area contributed by atoms with Gasteiger partial charge >= 0.3 is 5.97 Å². The Kier molecular flexibility index (Phi) is 11.5. The normalized spacial score (nSPS) is 35.9. The van der Waals surface area contributed by atoms with Gasteiger partial charge in [-0.05, 0) is 111 Å². The monoisotopic (exact) mass is 552 g/mol. The lowest BCUT2D eigenvalue weighted by Crippen LogP contribution is -2.51. The molecule has 0 aromatic rings. The first kappa shape index (κ1) is 31.9. The summed E-state index contributed by atoms with van der Waals surface area (Å²) in [5.41, 5.74) is 2.52. The average Bonchev–Trinajstić information content (AvgIpc) is 3.27. The molecule has 3 saturated carbocycles. The number of rotatable bonds is 15. The van der Waals surface area contributed by atoms with Crippen LogP contribution in [0.4, 0.5) is 0 Å². The number of allylic oxidation sites excluding steroid dienone is 2. The molecule has 0 bridgehead atoms. The standard InChI is InChI=1S/C38H64O2/c1-7-8-9-10-11-12-13-14-18-36(39)40-31-23-25-37(5)30(27-31)19-20-32-34-22-21-33(29(4)17-15-16-28(2)3)38(34,6)26-24-35(32)37/h7,19,28-29,31-35H,1,8-18,20-27H2,2-6H3/t29-,31+,32+,33-,34+,35+,37+,38-/m1/s1. The van der Waals surface area contributed by atoms with Gasteiger partial charge in [-0.25, -0.2) is 0 Å². The average molecular weight is 553 g/mol. The van der Waals surface area contributed by atoms with Crippen LogP contribution in [0.2, 0.25) is 0 Å². The van der Waals surface area contributed by atoms with Crippen molar-refractivity contribution >= 4 is 5.97 Å². The van der Waals surface area contributed by atoms with Crippen LogP contribution in [0.25, 0.3) is 0 Å². The summed E-state index contributed by atoms with van der Waals surface area (Å²) in [5.74, 6) is 5.31. The summed E-state index contributed by atoms with van der Waals surface area (Å²) in [7, 11) is 0. The largest absolute Gasteiger partial charge is 0.462 e. The van der Waals surface area contributed by atoms with Crippen LogP contribution in [-0.4, -0.2) is 12.1 Å². The smallest absolute Gasteiger partial charge is 0.306 e. The summed E-state index contributed by atoms with van der Waals surface area (Å²) < 4.78 is 6.06. The highest BCUT2D eigenvalue weighted by Crippen LogP contribution is 2.67. The van der Waals surface area contributed by atoms with Gasteiger partial charge in [0.1, 0.15) is 6.10 Å². The highest BCUT2D eigenvalue weighted by Gasteiger charge is 2.59. The maximum atomic E-state index is 12.6. The van der Waals surface area contributed by atoms with Crippen LogP contribution in [0.3, 0.4) is 0 Å². The number of esters is 1. The fourth-order valence-electron chi connectivity index (χ4n) is 10.3. The van der Waals surface area contributed by atoms with Crippen LogP contribution in [-0.2, 0) is 9.53 Å². The highest BCUT2D eigenvalue weighted by atomic mass is 16.5. The molecule has 3 fully saturated rings. The minimum absolute atomic E-state index is 0.0440. The third kappa shape index (κ3) is 7.29. The number of ether oxygens (including phenoxy) is 1. The van der Waals surface area contributed by atoms with E-state index >= 15 is 0 Å². The van der Waals surface area contributed by atoms with Crippen molar-refractivity contribution in [2.75, 3.05) is 0 Å². The van der Waals surface area contributed by atoms with Crippen molar-refractivity contribution in [2.24, 2.45) is 46.3 Å². The Morgan fingerprint density at radius 3 is 2.45 bits per heavy atom. The van der Waals surface area contributed by atoms with Crippen molar-refractivity contribution < 1.29 is 9.53 Å². The van der Waals surface area contributed by atoms with Gasteiger partial charge in [-0.3, -0.25) is 4.79 Å². The van der Waals surface area contributed by atoms with E-state index in [1.807, 2.05) is 6.08 Å². The predicted molar refractivity (Wildman–Crippen MR) is 170 cm³/mol. The van der Waals surface area contributed by atoms with Gasteiger partial charge in [-0.15, -0.1) is 6.58 Å². The Labute approximate surface area is 248 Å². The first-order chi connectivity index (χ1) is 19.2. The zero-order valence-corrected chi connectivity index (χ0v) is 27.2. The van der Waals surface area contributed by atoms with Crippen LogP contribution in [0.5, 0.6) is 0 Å². The molecule has 0 N–H and O–H groups in total. The lowest BCUT2D eigenvalue weighted by molar-refractivity contribution is -0.151. The van der Waals surface area contributed by atoms with Crippen molar-refractivity contribution in [3.63, 3.8) is 0 Å². The van der Waals surface area contributed by atoms with E-state index in [2.05, 4.69) is 47.3 Å². The number of carbonyl (C=O) groups is 1. The van der Waals surface area contributed by atoms with Crippen LogP contribution < -0.4 is 0 Å². The Hall–Kier alpha value is -1.05. The fourth-order valence-corrected chi connectivity index (χ4v) is 10.3. The second kappa shape index (κ2) is 14.4.